The van der Waals surface area contributed by atoms with Crippen LogP contribution in [0.5, 0.6) is 40.2 Å². The molecule has 0 aliphatic rings. The van der Waals surface area contributed by atoms with Crippen molar-refractivity contribution < 1.29 is 58.7 Å². The van der Waals surface area contributed by atoms with Crippen LogP contribution in [0.25, 0.3) is 0 Å². The Bertz CT molecular complexity index is 2240. The molecule has 6 aromatic carbocycles. The van der Waals surface area contributed by atoms with Gasteiger partial charge in [-0.2, -0.15) is 10.8 Å². The highest BCUT2D eigenvalue weighted by Gasteiger charge is 2.24. The Kier molecular flexibility index (Phi) is 12.6. The average Bonchev–Trinajstić information content (AvgIpc) is 3.20. The van der Waals surface area contributed by atoms with Gasteiger partial charge in [0.2, 0.25) is 0 Å². The molecule has 0 unspecified atom stereocenters. The predicted octanol–water partition coefficient (Wildman–Crippen LogP) is 9.20. The molecule has 286 valence electrons. The van der Waals surface area contributed by atoms with Crippen LogP contribution in [0.15, 0.2) is 140 Å². The van der Waals surface area contributed by atoms with Crippen LogP contribution < -0.4 is 29.9 Å². The molecular formula is C43H37NO12. The van der Waals surface area contributed by atoms with E-state index in [2.05, 4.69) is 23.7 Å². The Balaban J connectivity index is 1.01. The van der Waals surface area contributed by atoms with Crippen LogP contribution in [0.4, 0.5) is 0 Å². The lowest BCUT2D eigenvalue weighted by atomic mass is 9.78. The number of ether oxygens (including phenoxy) is 3. The summed E-state index contributed by atoms with van der Waals surface area (Å²) in [7, 11) is 0. The number of carbonyl (C=O) groups is 2. The summed E-state index contributed by atoms with van der Waals surface area (Å²) >= 11 is 0. The number of nitrogens with two attached hydrogens (primary N) is 1. The van der Waals surface area contributed by atoms with E-state index in [1.54, 1.807) is 36.4 Å². The van der Waals surface area contributed by atoms with Crippen molar-refractivity contribution in [1.82, 2.24) is 0 Å². The summed E-state index contributed by atoms with van der Waals surface area (Å²) in [6.07, 6.45) is 0. The lowest BCUT2D eigenvalue weighted by Crippen LogP contribution is -2.18. The molecule has 0 amide bonds. The first-order valence-electron chi connectivity index (χ1n) is 17.2. The lowest BCUT2D eigenvalue weighted by Gasteiger charge is -2.26. The van der Waals surface area contributed by atoms with Crippen molar-refractivity contribution in [3.8, 4) is 40.2 Å². The maximum Gasteiger partial charge on any atom is 0.344 e. The van der Waals surface area contributed by atoms with Crippen molar-refractivity contribution in [3.05, 3.63) is 173 Å². The first kappa shape index (κ1) is 39.0. The molecule has 56 heavy (non-hydrogen) atoms. The third-order valence-corrected chi connectivity index (χ3v) is 8.78. The van der Waals surface area contributed by atoms with Gasteiger partial charge in [-0.1, -0.05) is 67.4 Å². The van der Waals surface area contributed by atoms with Crippen molar-refractivity contribution in [2.24, 2.45) is 5.90 Å². The zero-order valence-corrected chi connectivity index (χ0v) is 30.2. The van der Waals surface area contributed by atoms with Crippen molar-refractivity contribution >= 4 is 11.9 Å². The lowest BCUT2D eigenvalue weighted by molar-refractivity contribution is -0.253. The average molecular weight is 760 g/mol. The SMILES string of the molecule is CC(C)(c1ccc(Oc2ccc(OOCc3ccccc3COO)cc2)cc1)c1ccc(Oc2ccc(OC(=O)c3cc(OON)ccc3C(=O)O)cc2)cc1. The molecule has 0 aromatic heterocycles. The van der Waals surface area contributed by atoms with E-state index in [0.717, 1.165) is 28.3 Å². The quantitative estimate of drug-likeness (QED) is 0.0348. The highest BCUT2D eigenvalue weighted by atomic mass is 17.3. The van der Waals surface area contributed by atoms with Gasteiger partial charge in [0.25, 0.3) is 0 Å². The molecule has 13 nitrogen and oxygen atoms in total. The van der Waals surface area contributed by atoms with Gasteiger partial charge in [-0.05, 0) is 113 Å². The van der Waals surface area contributed by atoms with E-state index < -0.39 is 11.9 Å². The van der Waals surface area contributed by atoms with E-state index >= 15 is 0 Å². The molecule has 0 fully saturated rings. The van der Waals surface area contributed by atoms with Gasteiger partial charge in [0.15, 0.2) is 11.5 Å². The second-order valence-corrected chi connectivity index (χ2v) is 12.8. The van der Waals surface area contributed by atoms with E-state index in [9.17, 15) is 14.7 Å². The van der Waals surface area contributed by atoms with E-state index in [-0.39, 0.29) is 41.3 Å². The number of carboxylic acid groups (broad SMARTS) is 1. The molecule has 0 bridgehead atoms. The molecule has 0 aliphatic heterocycles. The maximum atomic E-state index is 12.8. The van der Waals surface area contributed by atoms with Crippen LogP contribution in [0.1, 0.15) is 56.8 Å². The van der Waals surface area contributed by atoms with Crippen LogP contribution in [-0.4, -0.2) is 22.3 Å². The van der Waals surface area contributed by atoms with Crippen LogP contribution in [0.3, 0.4) is 0 Å². The van der Waals surface area contributed by atoms with E-state index in [1.807, 2.05) is 72.8 Å². The Labute approximate surface area is 321 Å². The normalized spacial score (nSPS) is 11.1. The number of rotatable bonds is 17. The molecule has 13 heteroatoms. The predicted molar refractivity (Wildman–Crippen MR) is 202 cm³/mol. The molecule has 0 saturated heterocycles. The smallest absolute Gasteiger partial charge is 0.344 e. The number of hydrogen-bond donors (Lipinski definition) is 3. The number of benzene rings is 6. The second-order valence-electron chi connectivity index (χ2n) is 12.8. The van der Waals surface area contributed by atoms with Crippen LogP contribution in [0.2, 0.25) is 0 Å². The zero-order valence-electron chi connectivity index (χ0n) is 30.2. The standard InChI is InChI=1S/C43H37NO12/c1-43(2,31-9-13-33(14-10-31)52-35-19-21-37(22-20-35)54-50-27-29-6-4-3-5-28(29)26-49-48)30-7-11-32(12-8-30)51-34-15-17-36(18-16-34)53-42(47)40-25-38(55-56-44)23-24-39(40)41(45)46/h3-25,48H,26-27,44H2,1-2H3,(H,45,46). The number of esters is 1. The van der Waals surface area contributed by atoms with E-state index in [4.69, 9.17) is 40.0 Å². The summed E-state index contributed by atoms with van der Waals surface area (Å²) in [6, 6.07) is 40.1. The molecule has 0 spiro atoms. The highest BCUT2D eigenvalue weighted by molar-refractivity contribution is 6.03. The Morgan fingerprint density at radius 1 is 0.571 bits per heavy atom. The summed E-state index contributed by atoms with van der Waals surface area (Å²) in [4.78, 5) is 48.3. The van der Waals surface area contributed by atoms with Gasteiger partial charge in [0.05, 0.1) is 11.1 Å². The maximum absolute atomic E-state index is 12.8. The first-order chi connectivity index (χ1) is 27.1. The minimum Gasteiger partial charge on any atom is -0.478 e. The van der Waals surface area contributed by atoms with Gasteiger partial charge in [-0.15, -0.1) is 0 Å². The van der Waals surface area contributed by atoms with E-state index in [0.29, 0.717) is 28.7 Å². The van der Waals surface area contributed by atoms with Crippen molar-refractivity contribution in [2.75, 3.05) is 0 Å². The summed E-state index contributed by atoms with van der Waals surface area (Å²) in [5, 5.41) is 18.3. The third-order valence-electron chi connectivity index (χ3n) is 8.78. The molecule has 0 aliphatic carbocycles. The number of aromatic carboxylic acids is 1. The molecule has 4 N–H and O–H groups in total. The fourth-order valence-corrected chi connectivity index (χ4v) is 5.67. The molecular weight excluding hydrogens is 722 g/mol. The van der Waals surface area contributed by atoms with Gasteiger partial charge in [-0.25, -0.2) is 14.5 Å². The Morgan fingerprint density at radius 3 is 1.54 bits per heavy atom. The van der Waals surface area contributed by atoms with Crippen LogP contribution in [0, 0.1) is 0 Å². The summed E-state index contributed by atoms with van der Waals surface area (Å²) in [6.45, 7) is 4.50. The number of hydrogen-bond acceptors (Lipinski definition) is 12. The Morgan fingerprint density at radius 2 is 1.04 bits per heavy atom. The van der Waals surface area contributed by atoms with Crippen molar-refractivity contribution in [3.63, 3.8) is 0 Å². The van der Waals surface area contributed by atoms with Crippen molar-refractivity contribution in [1.29, 1.82) is 0 Å². The molecule has 6 rings (SSSR count). The molecule has 0 saturated carbocycles. The summed E-state index contributed by atoms with van der Waals surface area (Å²) in [5.41, 5.74) is 2.92. The molecule has 0 atom stereocenters. The number of carboxylic acids is 1. The molecule has 0 radical (unpaired) electrons. The van der Waals surface area contributed by atoms with Gasteiger partial charge in [-0.3, -0.25) is 5.26 Å². The van der Waals surface area contributed by atoms with Crippen LogP contribution in [-0.2, 0) is 33.4 Å². The van der Waals surface area contributed by atoms with E-state index in [1.165, 1.54) is 24.3 Å². The van der Waals surface area contributed by atoms with Gasteiger partial charge in [0, 0.05) is 5.41 Å². The fraction of sp³-hybridized carbons (Fsp3) is 0.116. The van der Waals surface area contributed by atoms with Gasteiger partial charge < -0.3 is 29.1 Å². The number of carbonyl (C=O) groups excluding carboxylic acids is 1. The van der Waals surface area contributed by atoms with Crippen LogP contribution >= 0.6 is 0 Å². The summed E-state index contributed by atoms with van der Waals surface area (Å²) in [5.74, 6) is 5.78. The van der Waals surface area contributed by atoms with Crippen molar-refractivity contribution in [2.45, 2.75) is 32.5 Å². The topological polar surface area (TPSA) is 174 Å². The first-order valence-corrected chi connectivity index (χ1v) is 17.2. The zero-order chi connectivity index (χ0) is 39.5. The highest BCUT2D eigenvalue weighted by Crippen LogP contribution is 2.35. The largest absolute Gasteiger partial charge is 0.478 e. The molecule has 6 aromatic rings. The summed E-state index contributed by atoms with van der Waals surface area (Å²) < 4.78 is 17.5. The minimum atomic E-state index is -1.32. The minimum absolute atomic E-state index is 0.0238. The third kappa shape index (κ3) is 9.86. The second kappa shape index (κ2) is 18.1. The van der Waals surface area contributed by atoms with Gasteiger partial charge in [0.1, 0.15) is 42.0 Å². The monoisotopic (exact) mass is 759 g/mol. The fourth-order valence-electron chi connectivity index (χ4n) is 5.67. The molecule has 0 heterocycles. The van der Waals surface area contributed by atoms with Gasteiger partial charge >= 0.3 is 11.9 Å². The Hall–Kier alpha value is -6.74.